The van der Waals surface area contributed by atoms with Gasteiger partial charge in [-0.3, -0.25) is 10.6 Å². The highest BCUT2D eigenvalue weighted by Crippen LogP contribution is 2.34. The molecule has 0 radical (unpaired) electrons. The predicted molar refractivity (Wildman–Crippen MR) is 147 cm³/mol. The lowest BCUT2D eigenvalue weighted by atomic mass is 9.78. The number of alkyl halides is 6. The van der Waals surface area contributed by atoms with Gasteiger partial charge in [0.05, 0.1) is 11.1 Å². The zero-order valence-corrected chi connectivity index (χ0v) is 22.6. The molecule has 2 amide bonds. The summed E-state index contributed by atoms with van der Waals surface area (Å²) in [5.41, 5.74) is -0.860. The first-order chi connectivity index (χ1) is 20.1. The highest BCUT2D eigenvalue weighted by Gasteiger charge is 2.31. The van der Waals surface area contributed by atoms with Gasteiger partial charge >= 0.3 is 24.5 Å². The number of nitrogens with one attached hydrogen (secondary N) is 2. The fourth-order valence-corrected chi connectivity index (χ4v) is 4.09. The van der Waals surface area contributed by atoms with Gasteiger partial charge in [-0.15, -0.1) is 0 Å². The molecule has 0 aliphatic rings. The summed E-state index contributed by atoms with van der Waals surface area (Å²) in [6, 6.07) is 21.4. The molecule has 0 saturated heterocycles. The largest absolute Gasteiger partial charge is 0.417 e. The van der Waals surface area contributed by atoms with Crippen molar-refractivity contribution in [2.75, 3.05) is 10.6 Å². The molecule has 2 N–H and O–H groups in total. The third-order valence-corrected chi connectivity index (χ3v) is 6.45. The van der Waals surface area contributed by atoms with Crippen molar-refractivity contribution in [1.82, 2.24) is 0 Å². The number of benzene rings is 4. The highest BCUT2D eigenvalue weighted by atomic mass is 19.4. The van der Waals surface area contributed by atoms with Gasteiger partial charge in [0.1, 0.15) is 11.5 Å². The van der Waals surface area contributed by atoms with Gasteiger partial charge < -0.3 is 9.47 Å². The molecule has 12 heteroatoms. The number of carbonyl (C=O) groups is 2. The number of ether oxygens (including phenoxy) is 2. The van der Waals surface area contributed by atoms with Crippen LogP contribution in [0.2, 0.25) is 0 Å². The summed E-state index contributed by atoms with van der Waals surface area (Å²) < 4.78 is 87.8. The first kappa shape index (κ1) is 30.9. The fourth-order valence-electron chi connectivity index (χ4n) is 4.09. The standard InChI is InChI=1S/C31H24F6N2O4/c1-29(2,19-9-13-25(14-10-19)42-27(40)38-23-7-3-5-21(17-23)30(32,33)34)20-11-15-26(16-12-20)43-28(41)39-24-8-4-6-22(18-24)31(35,36)37/h3-18H,1-2H3,(H,38,40)(H,39,41). The summed E-state index contributed by atoms with van der Waals surface area (Å²) in [4.78, 5) is 24.4. The molecule has 0 atom stereocenters. The normalized spacial score (nSPS) is 11.9. The smallest absolute Gasteiger partial charge is 0.410 e. The van der Waals surface area contributed by atoms with Crippen LogP contribution in [0.15, 0.2) is 97.1 Å². The Bertz CT molecular complexity index is 1480. The maximum absolute atomic E-state index is 12.9. The van der Waals surface area contributed by atoms with E-state index in [0.29, 0.717) is 0 Å². The predicted octanol–water partition coefficient (Wildman–Crippen LogP) is 9.27. The molecule has 4 rings (SSSR count). The molecule has 224 valence electrons. The van der Waals surface area contributed by atoms with Crippen LogP contribution in [0.1, 0.15) is 36.1 Å². The second kappa shape index (κ2) is 12.1. The number of rotatable bonds is 6. The first-order valence-corrected chi connectivity index (χ1v) is 12.6. The third kappa shape index (κ3) is 8.06. The Labute approximate surface area is 242 Å². The molecular weight excluding hydrogens is 578 g/mol. The Kier molecular flexibility index (Phi) is 8.70. The van der Waals surface area contributed by atoms with Gasteiger partial charge in [0.25, 0.3) is 0 Å². The SMILES string of the molecule is CC(C)(c1ccc(OC(=O)Nc2cccc(C(F)(F)F)c2)cc1)c1ccc(OC(=O)Nc2cccc(C(F)(F)F)c2)cc1. The van der Waals surface area contributed by atoms with E-state index >= 15 is 0 Å². The zero-order valence-electron chi connectivity index (χ0n) is 22.6. The van der Waals surface area contributed by atoms with E-state index in [1.165, 1.54) is 24.3 Å². The number of anilines is 2. The van der Waals surface area contributed by atoms with Crippen molar-refractivity contribution in [2.45, 2.75) is 31.6 Å². The minimum atomic E-state index is -4.55. The van der Waals surface area contributed by atoms with Crippen LogP contribution in [0.4, 0.5) is 47.3 Å². The van der Waals surface area contributed by atoms with Gasteiger partial charge in [-0.1, -0.05) is 50.2 Å². The average Bonchev–Trinajstić information content (AvgIpc) is 2.93. The number of hydrogen-bond donors (Lipinski definition) is 2. The zero-order chi connectivity index (χ0) is 31.4. The van der Waals surface area contributed by atoms with Crippen LogP contribution in [-0.4, -0.2) is 12.2 Å². The van der Waals surface area contributed by atoms with Crippen molar-refractivity contribution < 1.29 is 45.4 Å². The van der Waals surface area contributed by atoms with Crippen LogP contribution in [0, 0.1) is 0 Å². The Balaban J connectivity index is 1.36. The summed E-state index contributed by atoms with van der Waals surface area (Å²) in [6.07, 6.45) is -11.0. The van der Waals surface area contributed by atoms with Crippen LogP contribution in [0.3, 0.4) is 0 Å². The van der Waals surface area contributed by atoms with Crippen LogP contribution in [0.5, 0.6) is 11.5 Å². The van der Waals surface area contributed by atoms with E-state index in [0.717, 1.165) is 35.4 Å². The molecule has 0 aliphatic carbocycles. The summed E-state index contributed by atoms with van der Waals surface area (Å²) >= 11 is 0. The second-order valence-electron chi connectivity index (χ2n) is 9.86. The minimum absolute atomic E-state index is 0.0712. The number of amides is 2. The van der Waals surface area contributed by atoms with Gasteiger partial charge in [0.2, 0.25) is 0 Å². The molecule has 0 spiro atoms. The maximum Gasteiger partial charge on any atom is 0.417 e. The molecule has 0 saturated carbocycles. The molecule has 6 nitrogen and oxygen atoms in total. The molecule has 4 aromatic carbocycles. The van der Waals surface area contributed by atoms with Crippen LogP contribution >= 0.6 is 0 Å². The molecule has 4 aromatic rings. The Morgan fingerprint density at radius 1 is 0.535 bits per heavy atom. The monoisotopic (exact) mass is 602 g/mol. The Morgan fingerprint density at radius 2 is 0.884 bits per heavy atom. The molecule has 0 heterocycles. The van der Waals surface area contributed by atoms with Crippen LogP contribution in [-0.2, 0) is 17.8 Å². The number of hydrogen-bond acceptors (Lipinski definition) is 4. The fraction of sp³-hybridized carbons (Fsp3) is 0.161. The summed E-state index contributed by atoms with van der Waals surface area (Å²) in [5.74, 6) is 0.333. The second-order valence-corrected chi connectivity index (χ2v) is 9.86. The van der Waals surface area contributed by atoms with E-state index in [1.807, 2.05) is 13.8 Å². The van der Waals surface area contributed by atoms with E-state index in [1.54, 1.807) is 48.5 Å². The molecule has 43 heavy (non-hydrogen) atoms. The van der Waals surface area contributed by atoms with Crippen LogP contribution < -0.4 is 20.1 Å². The van der Waals surface area contributed by atoms with Crippen molar-refractivity contribution in [2.24, 2.45) is 0 Å². The lowest BCUT2D eigenvalue weighted by Crippen LogP contribution is -2.20. The van der Waals surface area contributed by atoms with Gasteiger partial charge in [-0.25, -0.2) is 9.59 Å². The minimum Gasteiger partial charge on any atom is -0.410 e. The topological polar surface area (TPSA) is 76.7 Å². The number of carbonyl (C=O) groups excluding carboxylic acids is 2. The molecule has 0 aromatic heterocycles. The summed E-state index contributed by atoms with van der Waals surface area (Å²) in [7, 11) is 0. The first-order valence-electron chi connectivity index (χ1n) is 12.6. The van der Waals surface area contributed by atoms with Crippen molar-refractivity contribution in [3.8, 4) is 11.5 Å². The van der Waals surface area contributed by atoms with E-state index in [9.17, 15) is 35.9 Å². The average molecular weight is 603 g/mol. The lowest BCUT2D eigenvalue weighted by molar-refractivity contribution is -0.138. The lowest BCUT2D eigenvalue weighted by Gasteiger charge is -2.26. The molecule has 0 fully saturated rings. The molecular formula is C31H24F6N2O4. The molecule has 0 bridgehead atoms. The van der Waals surface area contributed by atoms with Gasteiger partial charge in [-0.2, -0.15) is 26.3 Å². The van der Waals surface area contributed by atoms with Crippen molar-refractivity contribution in [3.05, 3.63) is 119 Å². The quantitative estimate of drug-likeness (QED) is 0.216. The van der Waals surface area contributed by atoms with E-state index in [-0.39, 0.29) is 22.9 Å². The van der Waals surface area contributed by atoms with E-state index < -0.39 is 41.1 Å². The highest BCUT2D eigenvalue weighted by molar-refractivity contribution is 5.87. The van der Waals surface area contributed by atoms with Crippen LogP contribution in [0.25, 0.3) is 0 Å². The van der Waals surface area contributed by atoms with Gasteiger partial charge in [0.15, 0.2) is 0 Å². The van der Waals surface area contributed by atoms with Gasteiger partial charge in [0, 0.05) is 16.8 Å². The van der Waals surface area contributed by atoms with E-state index in [2.05, 4.69) is 10.6 Å². The Morgan fingerprint density at radius 3 is 1.21 bits per heavy atom. The van der Waals surface area contributed by atoms with Crippen molar-refractivity contribution in [1.29, 1.82) is 0 Å². The maximum atomic E-state index is 12.9. The summed E-state index contributed by atoms with van der Waals surface area (Å²) in [6.45, 7) is 3.86. The van der Waals surface area contributed by atoms with Gasteiger partial charge in [-0.05, 0) is 71.8 Å². The van der Waals surface area contributed by atoms with Crippen molar-refractivity contribution in [3.63, 3.8) is 0 Å². The van der Waals surface area contributed by atoms with E-state index in [4.69, 9.17) is 9.47 Å². The molecule has 0 aliphatic heterocycles. The number of halogens is 6. The molecule has 0 unspecified atom stereocenters. The summed E-state index contributed by atoms with van der Waals surface area (Å²) in [5, 5.41) is 4.54. The van der Waals surface area contributed by atoms with Crippen molar-refractivity contribution >= 4 is 23.6 Å². The Hall–Kier alpha value is -5.00. The third-order valence-electron chi connectivity index (χ3n) is 6.45.